The molecule has 2 aromatic rings. The van der Waals surface area contributed by atoms with Crippen molar-refractivity contribution in [3.63, 3.8) is 0 Å². The topological polar surface area (TPSA) is 62.3 Å². The molecule has 3 rings (SSSR count). The highest BCUT2D eigenvalue weighted by atomic mass is 35.5. The number of sulfonamides is 1. The van der Waals surface area contributed by atoms with Gasteiger partial charge in [0.1, 0.15) is 0 Å². The van der Waals surface area contributed by atoms with Crippen LogP contribution < -0.4 is 9.62 Å². The summed E-state index contributed by atoms with van der Waals surface area (Å²) in [6, 6.07) is 6.80. The SMILES string of the molecule is O=S(=O)(Cc1ccc(Cl)cc1)NC1CCN(c2nccs2)C1. The largest absolute Gasteiger partial charge is 0.346 e. The van der Waals surface area contributed by atoms with Gasteiger partial charge in [0, 0.05) is 35.7 Å². The minimum absolute atomic E-state index is 0.0298. The van der Waals surface area contributed by atoms with Crippen LogP contribution in [-0.2, 0) is 15.8 Å². The quantitative estimate of drug-likeness (QED) is 0.893. The summed E-state index contributed by atoms with van der Waals surface area (Å²) >= 11 is 7.38. The van der Waals surface area contributed by atoms with E-state index >= 15 is 0 Å². The van der Waals surface area contributed by atoms with E-state index in [1.165, 1.54) is 0 Å². The van der Waals surface area contributed by atoms with Crippen molar-refractivity contribution in [3.05, 3.63) is 46.4 Å². The molecule has 1 aromatic heterocycles. The second kappa shape index (κ2) is 6.54. The maximum atomic E-state index is 12.3. The third-order valence-electron chi connectivity index (χ3n) is 3.49. The molecule has 1 N–H and O–H groups in total. The van der Waals surface area contributed by atoms with E-state index in [-0.39, 0.29) is 11.8 Å². The normalized spacial score (nSPS) is 18.8. The smallest absolute Gasteiger partial charge is 0.216 e. The van der Waals surface area contributed by atoms with E-state index < -0.39 is 10.0 Å². The van der Waals surface area contributed by atoms with E-state index in [0.717, 1.165) is 23.7 Å². The Morgan fingerprint density at radius 2 is 2.14 bits per heavy atom. The molecule has 1 unspecified atom stereocenters. The number of benzene rings is 1. The van der Waals surface area contributed by atoms with Crippen molar-refractivity contribution in [1.82, 2.24) is 9.71 Å². The van der Waals surface area contributed by atoms with Crippen molar-refractivity contribution < 1.29 is 8.42 Å². The average Bonchev–Trinajstić information content (AvgIpc) is 3.11. The maximum Gasteiger partial charge on any atom is 0.216 e. The van der Waals surface area contributed by atoms with Crippen molar-refractivity contribution in [2.24, 2.45) is 0 Å². The third kappa shape index (κ3) is 3.98. The Labute approximate surface area is 139 Å². The van der Waals surface area contributed by atoms with E-state index in [9.17, 15) is 8.42 Å². The first-order chi connectivity index (χ1) is 10.5. The highest BCUT2D eigenvalue weighted by molar-refractivity contribution is 7.88. The maximum absolute atomic E-state index is 12.3. The zero-order valence-electron chi connectivity index (χ0n) is 11.8. The van der Waals surface area contributed by atoms with Crippen molar-refractivity contribution in [2.75, 3.05) is 18.0 Å². The highest BCUT2D eigenvalue weighted by Crippen LogP contribution is 2.23. The number of rotatable bonds is 5. The van der Waals surface area contributed by atoms with E-state index in [0.29, 0.717) is 11.6 Å². The summed E-state index contributed by atoms with van der Waals surface area (Å²) in [6.45, 7) is 1.48. The van der Waals surface area contributed by atoms with E-state index in [2.05, 4.69) is 14.6 Å². The van der Waals surface area contributed by atoms with Gasteiger partial charge in [-0.25, -0.2) is 18.1 Å². The first-order valence-electron chi connectivity index (χ1n) is 6.91. The molecule has 5 nitrogen and oxygen atoms in total. The van der Waals surface area contributed by atoms with Gasteiger partial charge in [0.05, 0.1) is 5.75 Å². The van der Waals surface area contributed by atoms with Gasteiger partial charge in [-0.1, -0.05) is 23.7 Å². The minimum atomic E-state index is -3.36. The summed E-state index contributed by atoms with van der Waals surface area (Å²) < 4.78 is 27.3. The lowest BCUT2D eigenvalue weighted by molar-refractivity contribution is 0.560. The van der Waals surface area contributed by atoms with Crippen LogP contribution in [0.1, 0.15) is 12.0 Å². The molecule has 1 aliphatic heterocycles. The molecular weight excluding hydrogens is 342 g/mol. The summed E-state index contributed by atoms with van der Waals surface area (Å²) in [6.07, 6.45) is 2.55. The molecule has 1 atom stereocenters. The molecule has 22 heavy (non-hydrogen) atoms. The molecule has 0 amide bonds. The van der Waals surface area contributed by atoms with Crippen LogP contribution in [0.3, 0.4) is 0 Å². The van der Waals surface area contributed by atoms with Crippen molar-refractivity contribution >= 4 is 38.1 Å². The molecule has 0 spiro atoms. The summed E-state index contributed by atoms with van der Waals surface area (Å²) in [7, 11) is -3.36. The van der Waals surface area contributed by atoms with Gasteiger partial charge in [0.25, 0.3) is 0 Å². The number of hydrogen-bond acceptors (Lipinski definition) is 5. The van der Waals surface area contributed by atoms with Crippen molar-refractivity contribution in [1.29, 1.82) is 0 Å². The van der Waals surface area contributed by atoms with Crippen LogP contribution in [0.2, 0.25) is 5.02 Å². The lowest BCUT2D eigenvalue weighted by atomic mass is 10.2. The van der Waals surface area contributed by atoms with Crippen LogP contribution in [0.15, 0.2) is 35.8 Å². The van der Waals surface area contributed by atoms with E-state index in [1.807, 2.05) is 5.38 Å². The summed E-state index contributed by atoms with van der Waals surface area (Å²) in [5.74, 6) is -0.0298. The molecule has 1 fully saturated rings. The fraction of sp³-hybridized carbons (Fsp3) is 0.357. The summed E-state index contributed by atoms with van der Waals surface area (Å²) in [5.41, 5.74) is 0.728. The Bertz CT molecular complexity index is 717. The average molecular weight is 358 g/mol. The molecule has 8 heteroatoms. The predicted molar refractivity (Wildman–Crippen MR) is 89.9 cm³/mol. The molecule has 118 valence electrons. The van der Waals surface area contributed by atoms with Gasteiger partial charge in [-0.2, -0.15) is 0 Å². The molecule has 2 heterocycles. The first-order valence-corrected chi connectivity index (χ1v) is 9.82. The second-order valence-corrected chi connectivity index (χ2v) is 8.31. The summed E-state index contributed by atoms with van der Waals surface area (Å²) in [4.78, 5) is 6.37. The Kier molecular flexibility index (Phi) is 4.67. The predicted octanol–water partition coefficient (Wildman–Crippen LogP) is 2.49. The minimum Gasteiger partial charge on any atom is -0.346 e. The standard InChI is InChI=1S/C14H16ClN3O2S2/c15-12-3-1-11(2-4-12)10-22(19,20)17-13-5-7-18(9-13)14-16-6-8-21-14/h1-4,6,8,13,17H,5,7,9-10H2. The lowest BCUT2D eigenvalue weighted by Gasteiger charge is -2.16. The third-order valence-corrected chi connectivity index (χ3v) is 5.98. The van der Waals surface area contributed by atoms with Crippen LogP contribution in [0, 0.1) is 0 Å². The Morgan fingerprint density at radius 1 is 1.36 bits per heavy atom. The first kappa shape index (κ1) is 15.7. The number of thiazole rings is 1. The van der Waals surface area contributed by atoms with Gasteiger partial charge >= 0.3 is 0 Å². The number of aromatic nitrogens is 1. The van der Waals surface area contributed by atoms with Gasteiger partial charge < -0.3 is 4.90 Å². The van der Waals surface area contributed by atoms with Crippen LogP contribution >= 0.6 is 22.9 Å². The van der Waals surface area contributed by atoms with Gasteiger partial charge in [-0.3, -0.25) is 0 Å². The Hall–Kier alpha value is -1.15. The molecule has 0 radical (unpaired) electrons. The Morgan fingerprint density at radius 3 is 2.82 bits per heavy atom. The number of nitrogens with one attached hydrogen (secondary N) is 1. The fourth-order valence-electron chi connectivity index (χ4n) is 2.50. The number of nitrogens with zero attached hydrogens (tertiary/aromatic N) is 2. The van der Waals surface area contributed by atoms with Crippen LogP contribution in [0.4, 0.5) is 5.13 Å². The number of anilines is 1. The van der Waals surface area contributed by atoms with Gasteiger partial charge in [-0.15, -0.1) is 11.3 Å². The van der Waals surface area contributed by atoms with Crippen LogP contribution in [0.25, 0.3) is 0 Å². The highest BCUT2D eigenvalue weighted by Gasteiger charge is 2.27. The number of halogens is 1. The van der Waals surface area contributed by atoms with Gasteiger partial charge in [0.15, 0.2) is 5.13 Å². The molecule has 0 bridgehead atoms. The molecule has 1 aliphatic rings. The molecular formula is C14H16ClN3O2S2. The van der Waals surface area contributed by atoms with Crippen LogP contribution in [-0.4, -0.2) is 32.5 Å². The molecule has 1 saturated heterocycles. The fourth-order valence-corrected chi connectivity index (χ4v) is 4.72. The Balaban J connectivity index is 1.59. The van der Waals surface area contributed by atoms with Crippen molar-refractivity contribution in [2.45, 2.75) is 18.2 Å². The molecule has 1 aromatic carbocycles. The van der Waals surface area contributed by atoms with E-state index in [1.54, 1.807) is 41.8 Å². The monoisotopic (exact) mass is 357 g/mol. The zero-order valence-corrected chi connectivity index (χ0v) is 14.2. The molecule has 0 saturated carbocycles. The zero-order chi connectivity index (χ0) is 15.6. The number of hydrogen-bond donors (Lipinski definition) is 1. The summed E-state index contributed by atoms with van der Waals surface area (Å²) in [5, 5.41) is 3.47. The second-order valence-electron chi connectivity index (χ2n) is 5.25. The van der Waals surface area contributed by atoms with Gasteiger partial charge in [-0.05, 0) is 24.1 Å². The van der Waals surface area contributed by atoms with E-state index in [4.69, 9.17) is 11.6 Å². The molecule has 0 aliphatic carbocycles. The van der Waals surface area contributed by atoms with Gasteiger partial charge in [0.2, 0.25) is 10.0 Å². The van der Waals surface area contributed by atoms with Crippen LogP contribution in [0.5, 0.6) is 0 Å². The van der Waals surface area contributed by atoms with Crippen molar-refractivity contribution in [3.8, 4) is 0 Å². The lowest BCUT2D eigenvalue weighted by Crippen LogP contribution is -2.37.